The average molecular weight is 375 g/mol. The molecule has 0 spiro atoms. The molecule has 0 unspecified atom stereocenters. The highest BCUT2D eigenvalue weighted by Gasteiger charge is 2.21. The predicted octanol–water partition coefficient (Wildman–Crippen LogP) is 3.24. The average Bonchev–Trinajstić information content (AvgIpc) is 3.06. The van der Waals surface area contributed by atoms with E-state index in [0.717, 1.165) is 5.56 Å². The second kappa shape index (κ2) is 7.21. The molecule has 0 aliphatic heterocycles. The molecule has 25 heavy (non-hydrogen) atoms. The highest BCUT2D eigenvalue weighted by molar-refractivity contribution is 7.92. The van der Waals surface area contributed by atoms with Crippen molar-refractivity contribution < 1.29 is 13.2 Å². The molecular formula is C18H15ClN2O3S. The predicted molar refractivity (Wildman–Crippen MR) is 95.6 cm³/mol. The molecule has 1 heterocycles. The van der Waals surface area contributed by atoms with Crippen LogP contribution in [-0.4, -0.2) is 29.5 Å². The van der Waals surface area contributed by atoms with E-state index in [1.807, 2.05) is 18.2 Å². The van der Waals surface area contributed by atoms with Crippen LogP contribution >= 0.6 is 11.6 Å². The molecule has 0 amide bonds. The molecule has 0 fully saturated rings. The van der Waals surface area contributed by atoms with Crippen LogP contribution in [0.25, 0.3) is 0 Å². The number of sulfone groups is 1. The summed E-state index contributed by atoms with van der Waals surface area (Å²) in [6, 6.07) is 15.3. The molecule has 0 bridgehead atoms. The van der Waals surface area contributed by atoms with Gasteiger partial charge in [0, 0.05) is 17.8 Å². The summed E-state index contributed by atoms with van der Waals surface area (Å²) in [7, 11) is -3.68. The van der Waals surface area contributed by atoms with Gasteiger partial charge in [-0.1, -0.05) is 48.0 Å². The standard InChI is InChI=1S/C18H15ClN2O3S/c19-16-9-5-4-6-14(16)10-21-11-17(20-13-21)18(22)12-25(23,24)15-7-2-1-3-8-15/h1-9,11,13H,10,12H2. The Bertz CT molecular complexity index is 998. The fourth-order valence-electron chi connectivity index (χ4n) is 2.37. The van der Waals surface area contributed by atoms with E-state index in [1.54, 1.807) is 28.8 Å². The van der Waals surface area contributed by atoms with Crippen LogP contribution in [0, 0.1) is 0 Å². The van der Waals surface area contributed by atoms with Crippen molar-refractivity contribution in [2.75, 3.05) is 5.75 Å². The van der Waals surface area contributed by atoms with Crippen LogP contribution in [0.1, 0.15) is 16.1 Å². The molecule has 0 radical (unpaired) electrons. The molecule has 7 heteroatoms. The second-order valence-corrected chi connectivity index (χ2v) is 7.91. The van der Waals surface area contributed by atoms with Crippen molar-refractivity contribution in [3.8, 4) is 0 Å². The van der Waals surface area contributed by atoms with Gasteiger partial charge in [0.25, 0.3) is 0 Å². The van der Waals surface area contributed by atoms with Crippen molar-refractivity contribution in [3.63, 3.8) is 0 Å². The lowest BCUT2D eigenvalue weighted by Gasteiger charge is -2.04. The molecule has 2 aromatic carbocycles. The van der Waals surface area contributed by atoms with Crippen molar-refractivity contribution in [2.24, 2.45) is 0 Å². The van der Waals surface area contributed by atoms with Gasteiger partial charge in [-0.2, -0.15) is 0 Å². The minimum Gasteiger partial charge on any atom is -0.332 e. The summed E-state index contributed by atoms with van der Waals surface area (Å²) in [4.78, 5) is 16.4. The molecule has 0 aliphatic rings. The summed E-state index contributed by atoms with van der Waals surface area (Å²) in [5.41, 5.74) is 1.00. The lowest BCUT2D eigenvalue weighted by molar-refractivity contribution is 0.101. The van der Waals surface area contributed by atoms with Gasteiger partial charge < -0.3 is 4.57 Å². The topological polar surface area (TPSA) is 69.0 Å². The van der Waals surface area contributed by atoms with E-state index in [2.05, 4.69) is 4.98 Å². The van der Waals surface area contributed by atoms with E-state index in [0.29, 0.717) is 11.6 Å². The number of nitrogens with zero attached hydrogens (tertiary/aromatic N) is 2. The van der Waals surface area contributed by atoms with Gasteiger partial charge in [0.15, 0.2) is 15.6 Å². The van der Waals surface area contributed by atoms with Gasteiger partial charge >= 0.3 is 0 Å². The largest absolute Gasteiger partial charge is 0.332 e. The van der Waals surface area contributed by atoms with Crippen molar-refractivity contribution >= 4 is 27.2 Å². The zero-order chi connectivity index (χ0) is 17.9. The first-order valence-electron chi connectivity index (χ1n) is 7.52. The quantitative estimate of drug-likeness (QED) is 0.621. The third-order valence-electron chi connectivity index (χ3n) is 3.65. The Morgan fingerprint density at radius 3 is 2.44 bits per heavy atom. The summed E-state index contributed by atoms with van der Waals surface area (Å²) < 4.78 is 26.3. The smallest absolute Gasteiger partial charge is 0.198 e. The number of carbonyl (C=O) groups is 1. The van der Waals surface area contributed by atoms with Gasteiger partial charge in [-0.15, -0.1) is 0 Å². The van der Waals surface area contributed by atoms with E-state index >= 15 is 0 Å². The third kappa shape index (κ3) is 4.15. The first-order valence-corrected chi connectivity index (χ1v) is 9.55. The molecular weight excluding hydrogens is 360 g/mol. The second-order valence-electron chi connectivity index (χ2n) is 5.52. The number of hydrogen-bond donors (Lipinski definition) is 0. The minimum atomic E-state index is -3.68. The number of Topliss-reactive ketones (excluding diaryl/α,β-unsaturated/α-hetero) is 1. The summed E-state index contributed by atoms with van der Waals surface area (Å²) in [6.45, 7) is 0.450. The maximum absolute atomic E-state index is 12.3. The van der Waals surface area contributed by atoms with Crippen LogP contribution in [-0.2, 0) is 16.4 Å². The number of benzene rings is 2. The number of halogens is 1. The SMILES string of the molecule is O=C(CS(=O)(=O)c1ccccc1)c1cn(Cc2ccccc2Cl)cn1. The van der Waals surface area contributed by atoms with Crippen LogP contribution < -0.4 is 0 Å². The number of imidazole rings is 1. The Hall–Kier alpha value is -2.44. The van der Waals surface area contributed by atoms with Crippen LogP contribution in [0.15, 0.2) is 72.0 Å². The molecule has 128 valence electrons. The maximum atomic E-state index is 12.3. The van der Waals surface area contributed by atoms with E-state index in [1.165, 1.54) is 24.7 Å². The molecule has 0 aliphatic carbocycles. The highest BCUT2D eigenvalue weighted by Crippen LogP contribution is 2.17. The first kappa shape index (κ1) is 17.4. The van der Waals surface area contributed by atoms with Crippen molar-refractivity contribution in [3.05, 3.63) is 83.4 Å². The van der Waals surface area contributed by atoms with Crippen molar-refractivity contribution in [2.45, 2.75) is 11.4 Å². The number of aromatic nitrogens is 2. The lowest BCUT2D eigenvalue weighted by Crippen LogP contribution is -2.16. The fraction of sp³-hybridized carbons (Fsp3) is 0.111. The molecule has 1 aromatic heterocycles. The van der Waals surface area contributed by atoms with E-state index in [9.17, 15) is 13.2 Å². The molecule has 0 atom stereocenters. The fourth-order valence-corrected chi connectivity index (χ4v) is 3.80. The van der Waals surface area contributed by atoms with E-state index < -0.39 is 21.4 Å². The molecule has 3 aromatic rings. The molecule has 0 N–H and O–H groups in total. The van der Waals surface area contributed by atoms with Crippen molar-refractivity contribution in [1.82, 2.24) is 9.55 Å². The maximum Gasteiger partial charge on any atom is 0.198 e. The highest BCUT2D eigenvalue weighted by atomic mass is 35.5. The van der Waals surface area contributed by atoms with Gasteiger partial charge in [0.2, 0.25) is 0 Å². The van der Waals surface area contributed by atoms with Gasteiger partial charge in [-0.05, 0) is 23.8 Å². The van der Waals surface area contributed by atoms with Crippen molar-refractivity contribution in [1.29, 1.82) is 0 Å². The van der Waals surface area contributed by atoms with Gasteiger partial charge in [-0.3, -0.25) is 4.79 Å². The van der Waals surface area contributed by atoms with Gasteiger partial charge in [0.05, 0.1) is 11.2 Å². The number of ketones is 1. The molecule has 3 rings (SSSR count). The number of rotatable bonds is 6. The van der Waals surface area contributed by atoms with Crippen LogP contribution in [0.4, 0.5) is 0 Å². The molecule has 0 saturated carbocycles. The summed E-state index contributed by atoms with van der Waals surface area (Å²) in [5.74, 6) is -1.15. The number of hydrogen-bond acceptors (Lipinski definition) is 4. The first-order chi connectivity index (χ1) is 12.0. The Morgan fingerprint density at radius 1 is 1.04 bits per heavy atom. The normalized spacial score (nSPS) is 11.4. The van der Waals surface area contributed by atoms with E-state index in [4.69, 9.17) is 11.6 Å². The minimum absolute atomic E-state index is 0.117. The van der Waals surface area contributed by atoms with Crippen LogP contribution in [0.5, 0.6) is 0 Å². The summed E-state index contributed by atoms with van der Waals surface area (Å²) in [6.07, 6.45) is 3.03. The lowest BCUT2D eigenvalue weighted by atomic mass is 10.2. The summed E-state index contributed by atoms with van der Waals surface area (Å²) in [5, 5.41) is 0.621. The molecule has 5 nitrogen and oxygen atoms in total. The molecule has 0 saturated heterocycles. The van der Waals surface area contributed by atoms with Crippen LogP contribution in [0.3, 0.4) is 0 Å². The zero-order valence-electron chi connectivity index (χ0n) is 13.2. The summed E-state index contributed by atoms with van der Waals surface area (Å²) >= 11 is 6.12. The third-order valence-corrected chi connectivity index (χ3v) is 5.65. The monoisotopic (exact) mass is 374 g/mol. The number of carbonyl (C=O) groups excluding carboxylic acids is 1. The Morgan fingerprint density at radius 2 is 1.72 bits per heavy atom. The van der Waals surface area contributed by atoms with E-state index in [-0.39, 0.29) is 10.6 Å². The Balaban J connectivity index is 1.74. The zero-order valence-corrected chi connectivity index (χ0v) is 14.7. The van der Waals surface area contributed by atoms with Gasteiger partial charge in [-0.25, -0.2) is 13.4 Å². The van der Waals surface area contributed by atoms with Gasteiger partial charge in [0.1, 0.15) is 11.4 Å². The van der Waals surface area contributed by atoms with Crippen LogP contribution in [0.2, 0.25) is 5.02 Å². The Labute approximate surface area is 150 Å². The Kier molecular flexibility index (Phi) is 5.01.